The molecule has 2 aliphatic heterocycles. The lowest BCUT2D eigenvalue weighted by atomic mass is 10.0. The number of aromatic nitrogens is 3. The second-order valence-corrected chi connectivity index (χ2v) is 26.7. The fourth-order valence-corrected chi connectivity index (χ4v) is 12.2. The first-order chi connectivity index (χ1) is 52.9. The Bertz CT molecular complexity index is 4910. The smallest absolute Gasteiger partial charge is 0.326 e. The van der Waals surface area contributed by atoms with Crippen LogP contribution in [0, 0.1) is 0 Å². The number of rotatable bonds is 36. The summed E-state index contributed by atoms with van der Waals surface area (Å²) in [7, 11) is -4.66. The number of phenols is 1. The summed E-state index contributed by atoms with van der Waals surface area (Å²) in [4.78, 5) is 74.8. The lowest BCUT2D eigenvalue weighted by Crippen LogP contribution is -2.71. The minimum atomic E-state index is -4.66. The Morgan fingerprint density at radius 1 is 0.523 bits per heavy atom. The number of aromatic hydroxyl groups is 1. The van der Waals surface area contributed by atoms with E-state index in [0.717, 1.165) is 56.9 Å². The number of hydrogen-bond donors (Lipinski definition) is 7. The van der Waals surface area contributed by atoms with Crippen molar-refractivity contribution < 1.29 is 90.8 Å². The molecule has 0 saturated heterocycles. The van der Waals surface area contributed by atoms with Crippen molar-refractivity contribution in [2.45, 2.75) is 87.6 Å². The number of nitrogens with two attached hydrogens (primary N) is 1. The molecule has 10 aromatic rings. The number of nitrogens with one attached hydrogen (secondary N) is 3. The lowest BCUT2D eigenvalue weighted by molar-refractivity contribution is -0.580. The number of quaternary nitrogens is 1. The molecule has 27 heteroatoms. The van der Waals surface area contributed by atoms with Crippen LogP contribution in [-0.4, -0.2) is 131 Å². The van der Waals surface area contributed by atoms with E-state index in [1.165, 1.54) is 48.2 Å². The maximum absolute atomic E-state index is 12.8. The van der Waals surface area contributed by atoms with Crippen molar-refractivity contribution in [3.63, 3.8) is 0 Å². The Labute approximate surface area is 628 Å². The van der Waals surface area contributed by atoms with Gasteiger partial charge in [-0.05, 0) is 151 Å². The van der Waals surface area contributed by atoms with Gasteiger partial charge in [-0.3, -0.25) is 14.4 Å². The molecule has 562 valence electrons. The van der Waals surface area contributed by atoms with Gasteiger partial charge in [0.25, 0.3) is 11.7 Å². The van der Waals surface area contributed by atoms with E-state index < -0.39 is 34.1 Å². The Kier molecular flexibility index (Phi) is 27.3. The zero-order valence-corrected chi connectivity index (χ0v) is 60.0. The van der Waals surface area contributed by atoms with Crippen LogP contribution in [0.3, 0.4) is 0 Å². The normalized spacial score (nSPS) is 12.4. The number of carbonyl (C=O) groups excluding carboxylic acids is 3. The van der Waals surface area contributed by atoms with E-state index in [0.29, 0.717) is 122 Å². The highest BCUT2D eigenvalue weighted by atomic mass is 32.2. The molecule has 12 rings (SSSR count). The first-order valence-electron chi connectivity index (χ1n) is 35.3. The fraction of sp³-hybridized carbons (Fsp3) is 0.232. The minimum absolute atomic E-state index is 0.0924. The van der Waals surface area contributed by atoms with E-state index in [-0.39, 0.29) is 73.2 Å². The van der Waals surface area contributed by atoms with E-state index in [1.54, 1.807) is 54.6 Å². The maximum Gasteiger partial charge on any atom is 0.326 e. The number of nitrogens with zero attached hydrogens (tertiary/aromatic N) is 4. The second-order valence-electron chi connectivity index (χ2n) is 25.3. The SMILES string of the molecule is O=C(CCCCCOc1cc(-c2ccc3c(c2)OCO3)cc(-c2ccccc2)n1)NC(Cc1ccc(O)cc1)C(=O)O.O=C(CCCCCOc1cc(-c2ccc3c(c2)OCO3)cc(-c2ccccc2)n1)NC(Cc1ccc(OCCCNC(=O)c2ccc([NH2+]/N=C/c3ccccc3S(=O)(=O)[O-])nc2)cc1)C(=O)O. The Morgan fingerprint density at radius 2 is 1.02 bits per heavy atom. The molecule has 109 heavy (non-hydrogen) atoms. The number of phenolic OH excluding ortho intramolecular Hbond substituents is 1. The third-order valence-electron chi connectivity index (χ3n) is 17.3. The zero-order chi connectivity index (χ0) is 76.3. The summed E-state index contributed by atoms with van der Waals surface area (Å²) < 4.78 is 74.3. The summed E-state index contributed by atoms with van der Waals surface area (Å²) in [6, 6.07) is 59.1. The summed E-state index contributed by atoms with van der Waals surface area (Å²) in [6.07, 6.45) is 7.71. The van der Waals surface area contributed by atoms with Gasteiger partial charge in [-0.25, -0.2) is 33.0 Å². The average molecular weight is 1500 g/mol. The molecular weight excluding hydrogens is 1420 g/mol. The van der Waals surface area contributed by atoms with Crippen LogP contribution in [-0.2, 0) is 42.1 Å². The van der Waals surface area contributed by atoms with Crippen LogP contribution < -0.4 is 54.5 Å². The van der Waals surface area contributed by atoms with E-state index >= 15 is 0 Å². The molecule has 3 amide bonds. The van der Waals surface area contributed by atoms with Gasteiger partial charge in [0.2, 0.25) is 37.2 Å². The van der Waals surface area contributed by atoms with E-state index in [4.69, 9.17) is 43.1 Å². The summed E-state index contributed by atoms with van der Waals surface area (Å²) in [6.45, 7) is 1.84. The first-order valence-corrected chi connectivity index (χ1v) is 36.7. The monoisotopic (exact) mass is 1500 g/mol. The molecule has 0 bridgehead atoms. The number of carboxylic acids is 2. The van der Waals surface area contributed by atoms with Crippen LogP contribution in [0.25, 0.3) is 44.8 Å². The molecule has 2 unspecified atom stereocenters. The average Bonchev–Trinajstić information content (AvgIpc) is 1.80. The van der Waals surface area contributed by atoms with Gasteiger partial charge in [0.15, 0.2) is 23.0 Å². The molecule has 0 spiro atoms. The predicted octanol–water partition coefficient (Wildman–Crippen LogP) is 11.2. The van der Waals surface area contributed by atoms with Crippen molar-refractivity contribution in [3.05, 3.63) is 235 Å². The number of aliphatic carboxylic acids is 2. The number of carbonyl (C=O) groups is 5. The number of ether oxygens (including phenoxy) is 7. The van der Waals surface area contributed by atoms with E-state index in [2.05, 4.69) is 26.0 Å². The number of hydrogen-bond acceptors (Lipinski definition) is 20. The van der Waals surface area contributed by atoms with Gasteiger partial charge in [-0.15, -0.1) is 0 Å². The highest BCUT2D eigenvalue weighted by Gasteiger charge is 2.24. The Hall–Kier alpha value is -12.7. The van der Waals surface area contributed by atoms with Crippen LogP contribution in [0.2, 0.25) is 0 Å². The Balaban J connectivity index is 0.000000240. The van der Waals surface area contributed by atoms with Crippen molar-refractivity contribution in [2.24, 2.45) is 5.10 Å². The highest BCUT2D eigenvalue weighted by molar-refractivity contribution is 7.85. The van der Waals surface area contributed by atoms with Gasteiger partial charge in [0, 0.05) is 73.3 Å². The summed E-state index contributed by atoms with van der Waals surface area (Å²) in [5.41, 5.74) is 10.5. The molecule has 0 aliphatic carbocycles. The van der Waals surface area contributed by atoms with E-state index in [1.807, 2.05) is 121 Å². The summed E-state index contributed by atoms with van der Waals surface area (Å²) >= 11 is 0. The quantitative estimate of drug-likeness (QED) is 0.00630. The van der Waals surface area contributed by atoms with Gasteiger partial charge in [0.1, 0.15) is 33.7 Å². The number of carboxylic acid groups (broad SMARTS) is 2. The van der Waals surface area contributed by atoms with Gasteiger partial charge < -0.3 is 69.0 Å². The van der Waals surface area contributed by atoms with Gasteiger partial charge in [-0.2, -0.15) is 5.43 Å². The number of unbranched alkanes of at least 4 members (excludes halogenated alkanes) is 4. The predicted molar refractivity (Wildman–Crippen MR) is 402 cm³/mol. The van der Waals surface area contributed by atoms with Crippen LogP contribution in [0.15, 0.2) is 222 Å². The van der Waals surface area contributed by atoms with Crippen LogP contribution in [0.1, 0.15) is 84.8 Å². The molecule has 2 atom stereocenters. The molecule has 0 saturated carbocycles. The summed E-state index contributed by atoms with van der Waals surface area (Å²) in [5.74, 6) is 1.63. The minimum Gasteiger partial charge on any atom is -0.744 e. The number of amides is 3. The largest absolute Gasteiger partial charge is 0.744 e. The third-order valence-corrected chi connectivity index (χ3v) is 18.2. The lowest BCUT2D eigenvalue weighted by Gasteiger charge is -2.15. The molecule has 0 radical (unpaired) electrons. The molecule has 5 heterocycles. The van der Waals surface area contributed by atoms with Crippen molar-refractivity contribution in [1.82, 2.24) is 30.9 Å². The molecule has 7 aromatic carbocycles. The number of benzene rings is 7. The standard InChI is InChI=1S/C49H48N6O11S.C33H32N2O7/c56-46(14-5-2-8-24-64-47-29-38(27-40(54-47)34-10-3-1-4-11-34)35-17-21-42-43(28-35)66-32-65-42)53-41(49(58)59)26-33-15-19-39(20-16-33)63-25-9-23-50-48(57)37-18-22-45(51-30-37)55-52-31-36-12-6-7-13-44(36)67(60,61)62;36-26-13-10-22(11-14-26)17-28(33(38)39)34-31(37)9-5-2-6-16-40-32-20-25(18-27(35-32)23-7-3-1-4-8-23)24-12-15-29-30(19-24)42-21-41-29/h1,3-4,6-7,10-13,15-22,27-31,41H,2,5,8-9,14,23-26,32H2,(H,50,57)(H,51,55)(H,53,56)(H,58,59)(H,60,61,62);1,3-4,7-8,10-15,18-20,28,36H,2,5-6,9,16-17,21H2,(H,34,37)(H,38,39)/b52-31+;. The Morgan fingerprint density at radius 3 is 1.52 bits per heavy atom. The van der Waals surface area contributed by atoms with Crippen LogP contribution in [0.5, 0.6) is 46.3 Å². The second kappa shape index (κ2) is 38.5. The van der Waals surface area contributed by atoms with Crippen molar-refractivity contribution in [2.75, 3.05) is 40.0 Å². The van der Waals surface area contributed by atoms with Gasteiger partial charge >= 0.3 is 11.9 Å². The molecule has 3 aromatic heterocycles. The number of pyridine rings is 3. The van der Waals surface area contributed by atoms with Crippen molar-refractivity contribution >= 4 is 51.8 Å². The first kappa shape index (κ1) is 77.4. The topological polar surface area (TPSA) is 372 Å². The molecule has 8 N–H and O–H groups in total. The van der Waals surface area contributed by atoms with E-state index in [9.17, 15) is 52.3 Å². The molecule has 0 fully saturated rings. The molecule has 2 aliphatic rings. The van der Waals surface area contributed by atoms with Crippen LogP contribution >= 0.6 is 0 Å². The third kappa shape index (κ3) is 23.4. The van der Waals surface area contributed by atoms with Gasteiger partial charge in [0.05, 0.1) is 47.9 Å². The van der Waals surface area contributed by atoms with Crippen molar-refractivity contribution in [1.29, 1.82) is 0 Å². The molecular formula is C82H80N8O18S. The highest BCUT2D eigenvalue weighted by Crippen LogP contribution is 2.40. The fourth-order valence-electron chi connectivity index (χ4n) is 11.6. The van der Waals surface area contributed by atoms with Crippen LogP contribution in [0.4, 0.5) is 5.82 Å². The summed E-state index contributed by atoms with van der Waals surface area (Å²) in [5, 5.41) is 40.9. The zero-order valence-electron chi connectivity index (χ0n) is 59.2. The van der Waals surface area contributed by atoms with Gasteiger partial charge in [-0.1, -0.05) is 120 Å². The molecule has 26 nitrogen and oxygen atoms in total. The van der Waals surface area contributed by atoms with Crippen molar-refractivity contribution in [3.8, 4) is 91.0 Å². The number of fused-ring (bicyclic) bond motifs is 2. The maximum atomic E-state index is 12.8.